The number of likely N-dealkylation sites (tertiary alicyclic amines) is 1. The number of rotatable bonds is 3. The van der Waals surface area contributed by atoms with Crippen molar-refractivity contribution in [2.45, 2.75) is 18.8 Å². The molecule has 0 radical (unpaired) electrons. The van der Waals surface area contributed by atoms with E-state index in [2.05, 4.69) is 15.2 Å². The van der Waals surface area contributed by atoms with Crippen molar-refractivity contribution in [1.29, 1.82) is 0 Å². The molecule has 0 unspecified atom stereocenters. The van der Waals surface area contributed by atoms with Crippen LogP contribution in [0.1, 0.15) is 34.9 Å². The van der Waals surface area contributed by atoms with Gasteiger partial charge in [-0.2, -0.15) is 5.10 Å². The average molecular weight is 353 g/mol. The molecular weight excluding hydrogens is 333 g/mol. The van der Waals surface area contributed by atoms with Crippen molar-refractivity contribution in [3.05, 3.63) is 60.1 Å². The van der Waals surface area contributed by atoms with E-state index in [4.69, 9.17) is 0 Å². The number of amides is 1. The lowest BCUT2D eigenvalue weighted by Gasteiger charge is -2.31. The van der Waals surface area contributed by atoms with Gasteiger partial charge in [-0.25, -0.2) is 9.37 Å². The molecule has 1 amide bonds. The van der Waals surface area contributed by atoms with Crippen LogP contribution >= 0.6 is 0 Å². The molecule has 1 saturated heterocycles. The molecule has 1 aliphatic heterocycles. The van der Waals surface area contributed by atoms with Crippen LogP contribution in [-0.4, -0.2) is 43.6 Å². The lowest BCUT2D eigenvalue weighted by Crippen LogP contribution is -2.38. The van der Waals surface area contributed by atoms with E-state index in [-0.39, 0.29) is 11.7 Å². The summed E-state index contributed by atoms with van der Waals surface area (Å²) in [6, 6.07) is 7.80. The van der Waals surface area contributed by atoms with Gasteiger partial charge in [-0.1, -0.05) is 0 Å². The van der Waals surface area contributed by atoms with Gasteiger partial charge < -0.3 is 9.47 Å². The van der Waals surface area contributed by atoms with Gasteiger partial charge in [0.05, 0.1) is 12.0 Å². The maximum atomic E-state index is 13.0. The molecule has 6 nitrogen and oxygen atoms in total. The number of piperidine rings is 1. The van der Waals surface area contributed by atoms with E-state index in [1.807, 2.05) is 29.0 Å². The van der Waals surface area contributed by atoms with Crippen molar-refractivity contribution < 1.29 is 9.18 Å². The van der Waals surface area contributed by atoms with Gasteiger partial charge in [0.25, 0.3) is 5.91 Å². The molecule has 1 aliphatic rings. The summed E-state index contributed by atoms with van der Waals surface area (Å²) in [5.41, 5.74) is 3.09. The number of hydrogen-bond acceptors (Lipinski definition) is 3. The molecule has 0 aliphatic carbocycles. The van der Waals surface area contributed by atoms with E-state index in [0.717, 1.165) is 18.4 Å². The molecule has 0 bridgehead atoms. The van der Waals surface area contributed by atoms with Crippen molar-refractivity contribution in [3.63, 3.8) is 0 Å². The highest BCUT2D eigenvalue weighted by Gasteiger charge is 2.26. The third kappa shape index (κ3) is 3.12. The molecule has 4 rings (SSSR count). The van der Waals surface area contributed by atoms with E-state index in [1.165, 1.54) is 17.8 Å². The fourth-order valence-electron chi connectivity index (χ4n) is 3.51. The summed E-state index contributed by atoms with van der Waals surface area (Å²) < 4.78 is 15.1. The standard InChI is InChI=1S/C19H20FN5O/c1-24-12-21-11-18(24)14-6-8-25(9-7-14)19(26)17-10-16(22-23-17)13-2-4-15(20)5-3-13/h2-5,10-12,14H,6-9H2,1H3,(H,22,23). The number of aromatic nitrogens is 4. The molecule has 1 aromatic carbocycles. The first-order valence-corrected chi connectivity index (χ1v) is 8.68. The first-order valence-electron chi connectivity index (χ1n) is 8.68. The third-order valence-corrected chi connectivity index (χ3v) is 5.00. The Morgan fingerprint density at radius 2 is 1.96 bits per heavy atom. The van der Waals surface area contributed by atoms with Crippen LogP contribution in [0.15, 0.2) is 42.9 Å². The zero-order chi connectivity index (χ0) is 18.1. The van der Waals surface area contributed by atoms with Crippen LogP contribution in [0.25, 0.3) is 11.3 Å². The van der Waals surface area contributed by atoms with Crippen molar-refractivity contribution in [3.8, 4) is 11.3 Å². The monoisotopic (exact) mass is 353 g/mol. The maximum Gasteiger partial charge on any atom is 0.271 e. The number of nitrogens with zero attached hydrogens (tertiary/aromatic N) is 4. The number of aryl methyl sites for hydroxylation is 1. The van der Waals surface area contributed by atoms with Crippen LogP contribution in [0, 0.1) is 5.82 Å². The molecule has 0 spiro atoms. The number of benzene rings is 1. The van der Waals surface area contributed by atoms with Crippen LogP contribution < -0.4 is 0 Å². The molecule has 26 heavy (non-hydrogen) atoms. The quantitative estimate of drug-likeness (QED) is 0.787. The Morgan fingerprint density at radius 1 is 1.23 bits per heavy atom. The summed E-state index contributed by atoms with van der Waals surface area (Å²) >= 11 is 0. The lowest BCUT2D eigenvalue weighted by atomic mass is 9.93. The first kappa shape index (κ1) is 16.5. The number of aromatic amines is 1. The van der Waals surface area contributed by atoms with Crippen molar-refractivity contribution in [2.75, 3.05) is 13.1 Å². The largest absolute Gasteiger partial charge is 0.337 e. The Morgan fingerprint density at radius 3 is 2.62 bits per heavy atom. The second-order valence-corrected chi connectivity index (χ2v) is 6.67. The van der Waals surface area contributed by atoms with Crippen LogP contribution in [0.4, 0.5) is 4.39 Å². The molecule has 1 N–H and O–H groups in total. The third-order valence-electron chi connectivity index (χ3n) is 5.00. The molecule has 0 saturated carbocycles. The number of imidazole rings is 1. The molecule has 0 atom stereocenters. The summed E-state index contributed by atoms with van der Waals surface area (Å²) in [6.07, 6.45) is 5.56. The number of H-pyrrole nitrogens is 1. The van der Waals surface area contributed by atoms with Gasteiger partial charge in [-0.15, -0.1) is 0 Å². The van der Waals surface area contributed by atoms with Gasteiger partial charge in [0.1, 0.15) is 11.5 Å². The van der Waals surface area contributed by atoms with Crippen LogP contribution in [-0.2, 0) is 7.05 Å². The summed E-state index contributed by atoms with van der Waals surface area (Å²) in [6.45, 7) is 1.42. The molecule has 1 fully saturated rings. The fourth-order valence-corrected chi connectivity index (χ4v) is 3.51. The minimum absolute atomic E-state index is 0.0469. The van der Waals surface area contributed by atoms with Crippen LogP contribution in [0.3, 0.4) is 0 Å². The zero-order valence-electron chi connectivity index (χ0n) is 14.5. The number of nitrogens with one attached hydrogen (secondary N) is 1. The van der Waals surface area contributed by atoms with E-state index < -0.39 is 0 Å². The molecule has 7 heteroatoms. The molecule has 2 aromatic heterocycles. The summed E-state index contributed by atoms with van der Waals surface area (Å²) in [4.78, 5) is 18.8. The average Bonchev–Trinajstić information content (AvgIpc) is 3.31. The Kier molecular flexibility index (Phi) is 4.28. The van der Waals surface area contributed by atoms with Gasteiger partial charge in [0.15, 0.2) is 0 Å². The predicted molar refractivity (Wildman–Crippen MR) is 95.1 cm³/mol. The second-order valence-electron chi connectivity index (χ2n) is 6.67. The SMILES string of the molecule is Cn1cncc1C1CCN(C(=O)c2cc(-c3ccc(F)cc3)n[nH]2)CC1. The predicted octanol–water partition coefficient (Wildman–Crippen LogP) is 2.97. The van der Waals surface area contributed by atoms with Crippen molar-refractivity contribution >= 4 is 5.91 Å². The van der Waals surface area contributed by atoms with Gasteiger partial charge in [-0.05, 0) is 43.2 Å². The number of halogens is 1. The minimum Gasteiger partial charge on any atom is -0.337 e. The van der Waals surface area contributed by atoms with Gasteiger partial charge in [0, 0.05) is 43.5 Å². The van der Waals surface area contributed by atoms with Crippen LogP contribution in [0.2, 0.25) is 0 Å². The van der Waals surface area contributed by atoms with Crippen molar-refractivity contribution in [2.24, 2.45) is 7.05 Å². The highest BCUT2D eigenvalue weighted by Crippen LogP contribution is 2.28. The topological polar surface area (TPSA) is 66.8 Å². The second kappa shape index (κ2) is 6.74. The normalized spacial score (nSPS) is 15.4. The van der Waals surface area contributed by atoms with Gasteiger partial charge in [-0.3, -0.25) is 9.89 Å². The molecule has 3 heterocycles. The van der Waals surface area contributed by atoms with Crippen LogP contribution in [0.5, 0.6) is 0 Å². The van der Waals surface area contributed by atoms with Gasteiger partial charge >= 0.3 is 0 Å². The van der Waals surface area contributed by atoms with E-state index in [1.54, 1.807) is 18.2 Å². The summed E-state index contributed by atoms with van der Waals surface area (Å²) in [5, 5.41) is 7.01. The molecule has 3 aromatic rings. The van der Waals surface area contributed by atoms with Gasteiger partial charge in [0.2, 0.25) is 0 Å². The highest BCUT2D eigenvalue weighted by molar-refractivity contribution is 5.93. The first-order chi connectivity index (χ1) is 12.6. The molecule has 134 valence electrons. The maximum absolute atomic E-state index is 13.0. The summed E-state index contributed by atoms with van der Waals surface area (Å²) in [5.74, 6) is 0.0919. The van der Waals surface area contributed by atoms with Crippen molar-refractivity contribution in [1.82, 2.24) is 24.6 Å². The number of carbonyl (C=O) groups is 1. The Bertz CT molecular complexity index is 906. The zero-order valence-corrected chi connectivity index (χ0v) is 14.5. The lowest BCUT2D eigenvalue weighted by molar-refractivity contribution is 0.0705. The molecular formula is C19H20FN5O. The van der Waals surface area contributed by atoms with E-state index in [0.29, 0.717) is 30.4 Å². The minimum atomic E-state index is -0.295. The number of hydrogen-bond donors (Lipinski definition) is 1. The Balaban J connectivity index is 1.43. The highest BCUT2D eigenvalue weighted by atomic mass is 19.1. The van der Waals surface area contributed by atoms with E-state index >= 15 is 0 Å². The van der Waals surface area contributed by atoms with E-state index in [9.17, 15) is 9.18 Å². The Hall–Kier alpha value is -2.96. The number of carbonyl (C=O) groups excluding carboxylic acids is 1. The Labute approximate surface area is 150 Å². The smallest absolute Gasteiger partial charge is 0.271 e. The fraction of sp³-hybridized carbons (Fsp3) is 0.316. The summed E-state index contributed by atoms with van der Waals surface area (Å²) in [7, 11) is 2.00.